The monoisotopic (exact) mass is 300 g/mol. The van der Waals surface area contributed by atoms with Gasteiger partial charge in [-0.3, -0.25) is 15.0 Å². The van der Waals surface area contributed by atoms with Gasteiger partial charge in [0, 0.05) is 25.2 Å². The summed E-state index contributed by atoms with van der Waals surface area (Å²) in [5.74, 6) is 0. The van der Waals surface area contributed by atoms with E-state index in [-0.39, 0.29) is 5.69 Å². The molecule has 1 unspecified atom stereocenters. The zero-order chi connectivity index (χ0) is 16.1. The Hall–Kier alpha value is -2.24. The highest BCUT2D eigenvalue weighted by atomic mass is 16.6. The van der Waals surface area contributed by atoms with Crippen molar-refractivity contribution in [1.29, 1.82) is 0 Å². The third kappa shape index (κ3) is 4.13. The molecule has 0 amide bonds. The lowest BCUT2D eigenvalue weighted by molar-refractivity contribution is -0.385. The first-order valence-corrected chi connectivity index (χ1v) is 7.13. The Kier molecular flexibility index (Phi) is 5.25. The van der Waals surface area contributed by atoms with Gasteiger partial charge in [-0.15, -0.1) is 0 Å². The van der Waals surface area contributed by atoms with E-state index in [4.69, 9.17) is 0 Å². The smallest absolute Gasteiger partial charge is 0.269 e. The number of hydrogen-bond acceptors (Lipinski definition) is 4. The first kappa shape index (κ1) is 16.1. The van der Waals surface area contributed by atoms with E-state index in [2.05, 4.69) is 19.1 Å². The maximum absolute atomic E-state index is 10.8. The molecule has 0 saturated carbocycles. The van der Waals surface area contributed by atoms with Crippen LogP contribution in [0.1, 0.15) is 22.8 Å². The van der Waals surface area contributed by atoms with Crippen LogP contribution in [0.15, 0.2) is 48.5 Å². The van der Waals surface area contributed by atoms with Crippen LogP contribution in [0.3, 0.4) is 0 Å². The molecule has 0 aliphatic carbocycles. The lowest BCUT2D eigenvalue weighted by Crippen LogP contribution is -2.24. The van der Waals surface area contributed by atoms with E-state index < -0.39 is 11.0 Å². The molecule has 0 spiro atoms. The van der Waals surface area contributed by atoms with E-state index in [0.717, 1.165) is 6.54 Å². The van der Waals surface area contributed by atoms with Crippen LogP contribution < -0.4 is 0 Å². The number of benzene rings is 2. The van der Waals surface area contributed by atoms with Crippen molar-refractivity contribution in [2.45, 2.75) is 19.6 Å². The van der Waals surface area contributed by atoms with Crippen LogP contribution in [0.4, 0.5) is 5.69 Å². The highest BCUT2D eigenvalue weighted by Crippen LogP contribution is 2.20. The summed E-state index contributed by atoms with van der Waals surface area (Å²) in [7, 11) is 1.92. The fraction of sp³-hybridized carbons (Fsp3) is 0.294. The van der Waals surface area contributed by atoms with Gasteiger partial charge >= 0.3 is 0 Å². The molecule has 2 aromatic rings. The molecule has 5 heteroatoms. The molecule has 0 aliphatic heterocycles. The molecule has 0 aliphatic rings. The van der Waals surface area contributed by atoms with Gasteiger partial charge in [-0.05, 0) is 30.7 Å². The normalized spacial score (nSPS) is 12.4. The standard InChI is InChI=1S/C17H20N2O3/c1-13-6-3-4-7-15(13)11-18(2)12-17(20)14-8-5-9-16(10-14)19(21)22/h3-10,17,20H,11-12H2,1-2H3. The van der Waals surface area contributed by atoms with Crippen LogP contribution in [0.2, 0.25) is 0 Å². The number of likely N-dealkylation sites (N-methyl/N-ethyl adjacent to an activating group) is 1. The second-order valence-corrected chi connectivity index (χ2v) is 5.49. The molecule has 2 rings (SSSR count). The number of aliphatic hydroxyl groups is 1. The van der Waals surface area contributed by atoms with Gasteiger partial charge in [0.25, 0.3) is 5.69 Å². The van der Waals surface area contributed by atoms with Gasteiger partial charge in [0.15, 0.2) is 0 Å². The Labute approximate surface area is 130 Å². The Balaban J connectivity index is 2.02. The number of nitro groups is 1. The average molecular weight is 300 g/mol. The molecular weight excluding hydrogens is 280 g/mol. The SMILES string of the molecule is Cc1ccccc1CN(C)CC(O)c1cccc([N+](=O)[O-])c1. The number of rotatable bonds is 6. The quantitative estimate of drug-likeness (QED) is 0.657. The van der Waals surface area contributed by atoms with Crippen molar-refractivity contribution in [1.82, 2.24) is 4.90 Å². The minimum absolute atomic E-state index is 0.00175. The van der Waals surface area contributed by atoms with E-state index in [1.54, 1.807) is 12.1 Å². The molecule has 116 valence electrons. The van der Waals surface area contributed by atoms with Crippen LogP contribution in [0.5, 0.6) is 0 Å². The highest BCUT2D eigenvalue weighted by Gasteiger charge is 2.14. The maximum atomic E-state index is 10.8. The largest absolute Gasteiger partial charge is 0.387 e. The summed E-state index contributed by atoms with van der Waals surface area (Å²) in [6.07, 6.45) is -0.756. The predicted octanol–water partition coefficient (Wildman–Crippen LogP) is 3.07. The number of aryl methyl sites for hydroxylation is 1. The number of non-ortho nitro benzene ring substituents is 1. The summed E-state index contributed by atoms with van der Waals surface area (Å²) in [6, 6.07) is 14.3. The Bertz CT molecular complexity index is 658. The summed E-state index contributed by atoms with van der Waals surface area (Å²) in [4.78, 5) is 12.3. The molecule has 0 radical (unpaired) electrons. The van der Waals surface area contributed by atoms with Crippen molar-refractivity contribution in [2.75, 3.05) is 13.6 Å². The zero-order valence-corrected chi connectivity index (χ0v) is 12.8. The molecule has 0 fully saturated rings. The summed E-state index contributed by atoms with van der Waals surface area (Å²) >= 11 is 0. The fourth-order valence-corrected chi connectivity index (χ4v) is 2.39. The average Bonchev–Trinajstić information content (AvgIpc) is 2.49. The Morgan fingerprint density at radius 3 is 2.64 bits per heavy atom. The van der Waals surface area contributed by atoms with Crippen LogP contribution in [0, 0.1) is 17.0 Å². The molecule has 22 heavy (non-hydrogen) atoms. The number of nitro benzene ring substituents is 1. The molecule has 0 aromatic heterocycles. The second-order valence-electron chi connectivity index (χ2n) is 5.49. The van der Waals surface area contributed by atoms with E-state index in [9.17, 15) is 15.2 Å². The molecule has 0 saturated heterocycles. The van der Waals surface area contributed by atoms with Crippen LogP contribution >= 0.6 is 0 Å². The summed E-state index contributed by atoms with van der Waals surface area (Å²) in [6.45, 7) is 3.19. The van der Waals surface area contributed by atoms with Crippen molar-refractivity contribution in [2.24, 2.45) is 0 Å². The topological polar surface area (TPSA) is 66.6 Å². The zero-order valence-electron chi connectivity index (χ0n) is 12.8. The number of aliphatic hydroxyl groups excluding tert-OH is 1. The Morgan fingerprint density at radius 1 is 1.23 bits per heavy atom. The second kappa shape index (κ2) is 7.15. The van der Waals surface area contributed by atoms with Gasteiger partial charge in [0.05, 0.1) is 11.0 Å². The molecule has 2 aromatic carbocycles. The van der Waals surface area contributed by atoms with Crippen molar-refractivity contribution in [3.8, 4) is 0 Å². The van der Waals surface area contributed by atoms with E-state index in [1.807, 2.05) is 24.1 Å². The number of hydrogen-bond donors (Lipinski definition) is 1. The Morgan fingerprint density at radius 2 is 1.95 bits per heavy atom. The van der Waals surface area contributed by atoms with Gasteiger partial charge in [0.1, 0.15) is 0 Å². The molecule has 0 heterocycles. The molecular formula is C17H20N2O3. The van der Waals surface area contributed by atoms with Gasteiger partial charge in [-0.2, -0.15) is 0 Å². The van der Waals surface area contributed by atoms with Crippen molar-refractivity contribution in [3.63, 3.8) is 0 Å². The predicted molar refractivity (Wildman–Crippen MR) is 85.6 cm³/mol. The molecule has 0 bridgehead atoms. The lowest BCUT2D eigenvalue weighted by atomic mass is 10.1. The number of nitrogens with zero attached hydrogens (tertiary/aromatic N) is 2. The fourth-order valence-electron chi connectivity index (χ4n) is 2.39. The first-order chi connectivity index (χ1) is 10.5. The van der Waals surface area contributed by atoms with Crippen LogP contribution in [-0.4, -0.2) is 28.5 Å². The van der Waals surface area contributed by atoms with E-state index >= 15 is 0 Å². The summed E-state index contributed by atoms with van der Waals surface area (Å²) < 4.78 is 0. The molecule has 1 atom stereocenters. The van der Waals surface area contributed by atoms with Gasteiger partial charge in [-0.1, -0.05) is 36.4 Å². The van der Waals surface area contributed by atoms with E-state index in [1.165, 1.54) is 23.3 Å². The third-order valence-electron chi connectivity index (χ3n) is 3.65. The van der Waals surface area contributed by atoms with Gasteiger partial charge in [0.2, 0.25) is 0 Å². The van der Waals surface area contributed by atoms with Crippen LogP contribution in [0.25, 0.3) is 0 Å². The summed E-state index contributed by atoms with van der Waals surface area (Å²) in [5.41, 5.74) is 2.97. The van der Waals surface area contributed by atoms with Crippen molar-refractivity contribution >= 4 is 5.69 Å². The van der Waals surface area contributed by atoms with Gasteiger partial charge in [-0.25, -0.2) is 0 Å². The third-order valence-corrected chi connectivity index (χ3v) is 3.65. The minimum Gasteiger partial charge on any atom is -0.387 e. The van der Waals surface area contributed by atoms with E-state index in [0.29, 0.717) is 12.1 Å². The molecule has 5 nitrogen and oxygen atoms in total. The van der Waals surface area contributed by atoms with Crippen LogP contribution in [-0.2, 0) is 6.54 Å². The first-order valence-electron chi connectivity index (χ1n) is 7.13. The molecule has 1 N–H and O–H groups in total. The highest BCUT2D eigenvalue weighted by molar-refractivity contribution is 5.35. The van der Waals surface area contributed by atoms with Gasteiger partial charge < -0.3 is 5.11 Å². The minimum atomic E-state index is -0.756. The van der Waals surface area contributed by atoms with Crippen molar-refractivity contribution < 1.29 is 10.0 Å². The van der Waals surface area contributed by atoms with Crippen molar-refractivity contribution in [3.05, 3.63) is 75.3 Å². The summed E-state index contributed by atoms with van der Waals surface area (Å²) in [5, 5.41) is 21.1. The lowest BCUT2D eigenvalue weighted by Gasteiger charge is -2.21. The maximum Gasteiger partial charge on any atom is 0.269 e.